The zero-order chi connectivity index (χ0) is 24.4. The summed E-state index contributed by atoms with van der Waals surface area (Å²) in [5.41, 5.74) is 2.09. The fourth-order valence-corrected chi connectivity index (χ4v) is 3.09. The van der Waals surface area contributed by atoms with Gasteiger partial charge in [0.2, 0.25) is 5.91 Å². The van der Waals surface area contributed by atoms with Gasteiger partial charge in [0.25, 0.3) is 11.6 Å². The highest BCUT2D eigenvalue weighted by Crippen LogP contribution is 2.27. The lowest BCUT2D eigenvalue weighted by atomic mass is 10.1. The predicted octanol–water partition coefficient (Wildman–Crippen LogP) is 3.95. The Morgan fingerprint density at radius 3 is 2.33 bits per heavy atom. The van der Waals surface area contributed by atoms with Gasteiger partial charge in [-0.1, -0.05) is 12.1 Å². The lowest BCUT2D eigenvalue weighted by molar-refractivity contribution is -0.153. The largest absolute Gasteiger partial charge is 0.484 e. The zero-order valence-corrected chi connectivity index (χ0v) is 17.5. The van der Waals surface area contributed by atoms with Crippen LogP contribution >= 0.6 is 0 Å². The summed E-state index contributed by atoms with van der Waals surface area (Å²) in [5, 5.41) is 6.15. The summed E-state index contributed by atoms with van der Waals surface area (Å²) in [6, 6.07) is 5.80. The molecule has 33 heavy (non-hydrogen) atoms. The summed E-state index contributed by atoms with van der Waals surface area (Å²) in [7, 11) is 0. The zero-order valence-electron chi connectivity index (χ0n) is 17.5. The SMILES string of the molecule is Cc1nc2nc(C(F)(F)F)nn2c(C)c1CCC(=O)NCc1ccc(OCC(F)(F)F)cc1. The number of benzene rings is 1. The van der Waals surface area contributed by atoms with Crippen molar-refractivity contribution in [2.45, 2.75) is 45.6 Å². The first-order valence-corrected chi connectivity index (χ1v) is 9.69. The minimum Gasteiger partial charge on any atom is -0.484 e. The summed E-state index contributed by atoms with van der Waals surface area (Å²) in [5.74, 6) is -1.73. The Kier molecular flexibility index (Phi) is 6.79. The van der Waals surface area contributed by atoms with E-state index in [0.29, 0.717) is 22.5 Å². The monoisotopic (exact) mass is 475 g/mol. The van der Waals surface area contributed by atoms with Crippen molar-refractivity contribution in [2.24, 2.45) is 0 Å². The maximum atomic E-state index is 12.9. The summed E-state index contributed by atoms with van der Waals surface area (Å²) >= 11 is 0. The second-order valence-corrected chi connectivity index (χ2v) is 7.23. The van der Waals surface area contributed by atoms with Gasteiger partial charge in [0.1, 0.15) is 5.75 Å². The van der Waals surface area contributed by atoms with Gasteiger partial charge in [-0.2, -0.15) is 31.3 Å². The number of carbonyl (C=O) groups excluding carboxylic acids is 1. The lowest BCUT2D eigenvalue weighted by Gasteiger charge is -2.11. The Balaban J connectivity index is 1.57. The maximum absolute atomic E-state index is 12.9. The number of carbonyl (C=O) groups is 1. The molecule has 3 aromatic rings. The maximum Gasteiger partial charge on any atom is 0.453 e. The predicted molar refractivity (Wildman–Crippen MR) is 103 cm³/mol. The number of nitrogens with zero attached hydrogens (tertiary/aromatic N) is 4. The van der Waals surface area contributed by atoms with Crippen LogP contribution < -0.4 is 10.1 Å². The molecular weight excluding hydrogens is 456 g/mol. The summed E-state index contributed by atoms with van der Waals surface area (Å²) in [6.07, 6.45) is -8.87. The van der Waals surface area contributed by atoms with Crippen molar-refractivity contribution in [1.82, 2.24) is 24.9 Å². The van der Waals surface area contributed by atoms with Gasteiger partial charge in [-0.3, -0.25) is 4.79 Å². The number of amides is 1. The second-order valence-electron chi connectivity index (χ2n) is 7.23. The van der Waals surface area contributed by atoms with Crippen molar-refractivity contribution in [2.75, 3.05) is 6.61 Å². The van der Waals surface area contributed by atoms with E-state index in [1.807, 2.05) is 0 Å². The third-order valence-corrected chi connectivity index (χ3v) is 4.72. The molecule has 13 heteroatoms. The molecule has 0 aliphatic rings. The fraction of sp³-hybridized carbons (Fsp3) is 0.400. The molecular formula is C20H19F6N5O2. The van der Waals surface area contributed by atoms with Gasteiger partial charge in [0.05, 0.1) is 0 Å². The van der Waals surface area contributed by atoms with Gasteiger partial charge >= 0.3 is 12.4 Å². The molecule has 0 fully saturated rings. The van der Waals surface area contributed by atoms with Crippen molar-refractivity contribution < 1.29 is 35.9 Å². The summed E-state index contributed by atoms with van der Waals surface area (Å²) in [6.45, 7) is 1.94. The van der Waals surface area contributed by atoms with Crippen LogP contribution in [0.5, 0.6) is 5.75 Å². The van der Waals surface area contributed by atoms with Crippen molar-refractivity contribution in [1.29, 1.82) is 0 Å². The number of fused-ring (bicyclic) bond motifs is 1. The molecule has 0 aliphatic heterocycles. The third-order valence-electron chi connectivity index (χ3n) is 4.72. The molecule has 0 saturated carbocycles. The van der Waals surface area contributed by atoms with Crippen molar-refractivity contribution in [3.63, 3.8) is 0 Å². The molecule has 0 bridgehead atoms. The van der Waals surface area contributed by atoms with Gasteiger partial charge < -0.3 is 10.1 Å². The van der Waals surface area contributed by atoms with Gasteiger partial charge in [-0.25, -0.2) is 9.50 Å². The van der Waals surface area contributed by atoms with Crippen LogP contribution in [0, 0.1) is 13.8 Å². The molecule has 0 spiro atoms. The van der Waals surface area contributed by atoms with E-state index in [4.69, 9.17) is 0 Å². The first-order chi connectivity index (χ1) is 15.3. The van der Waals surface area contributed by atoms with Crippen LogP contribution in [0.4, 0.5) is 26.3 Å². The average molecular weight is 475 g/mol. The van der Waals surface area contributed by atoms with E-state index >= 15 is 0 Å². The molecule has 0 atom stereocenters. The molecule has 1 N–H and O–H groups in total. The molecule has 0 aliphatic carbocycles. The van der Waals surface area contributed by atoms with Gasteiger partial charge in [-0.05, 0) is 43.5 Å². The van der Waals surface area contributed by atoms with E-state index in [0.717, 1.165) is 4.52 Å². The number of alkyl halides is 6. The van der Waals surface area contributed by atoms with E-state index in [1.54, 1.807) is 13.8 Å². The molecule has 7 nitrogen and oxygen atoms in total. The third kappa shape index (κ3) is 6.33. The Labute approximate surface area is 183 Å². The van der Waals surface area contributed by atoms with Crippen LogP contribution in [0.3, 0.4) is 0 Å². The Hall–Kier alpha value is -3.38. The van der Waals surface area contributed by atoms with E-state index < -0.39 is 24.8 Å². The van der Waals surface area contributed by atoms with Crippen LogP contribution in [-0.2, 0) is 23.9 Å². The summed E-state index contributed by atoms with van der Waals surface area (Å²) < 4.78 is 80.8. The minimum atomic E-state index is -4.70. The quantitative estimate of drug-likeness (QED) is 0.524. The van der Waals surface area contributed by atoms with Crippen LogP contribution in [0.1, 0.15) is 34.8 Å². The standard InChI is InChI=1S/C20H19F6N5O2/c1-11-15(12(2)31-18(28-11)29-17(30-31)20(24,25)26)7-8-16(32)27-9-13-3-5-14(6-4-13)33-10-19(21,22)23/h3-6H,7-10H2,1-2H3,(H,27,32). The molecule has 0 radical (unpaired) electrons. The number of halogens is 6. The minimum absolute atomic E-state index is 0.0441. The lowest BCUT2D eigenvalue weighted by Crippen LogP contribution is -2.23. The number of rotatable bonds is 7. The Morgan fingerprint density at radius 1 is 1.06 bits per heavy atom. The number of aromatic nitrogens is 4. The van der Waals surface area contributed by atoms with Gasteiger partial charge in [0.15, 0.2) is 6.61 Å². The average Bonchev–Trinajstić information content (AvgIpc) is 3.15. The molecule has 2 heterocycles. The smallest absolute Gasteiger partial charge is 0.453 e. The molecule has 178 valence electrons. The highest BCUT2D eigenvalue weighted by Gasteiger charge is 2.37. The van der Waals surface area contributed by atoms with Crippen LogP contribution in [0.25, 0.3) is 5.78 Å². The van der Waals surface area contributed by atoms with E-state index in [9.17, 15) is 31.1 Å². The highest BCUT2D eigenvalue weighted by atomic mass is 19.4. The Bertz CT molecular complexity index is 1140. The fourth-order valence-electron chi connectivity index (χ4n) is 3.09. The van der Waals surface area contributed by atoms with Crippen molar-refractivity contribution in [3.8, 4) is 5.75 Å². The van der Waals surface area contributed by atoms with Gasteiger partial charge in [-0.15, -0.1) is 5.10 Å². The number of nitrogens with one attached hydrogen (secondary N) is 1. The van der Waals surface area contributed by atoms with Crippen molar-refractivity contribution in [3.05, 3.63) is 52.6 Å². The molecule has 1 aromatic carbocycles. The van der Waals surface area contributed by atoms with E-state index in [2.05, 4.69) is 25.1 Å². The van der Waals surface area contributed by atoms with Crippen LogP contribution in [0.2, 0.25) is 0 Å². The topological polar surface area (TPSA) is 81.4 Å². The van der Waals surface area contributed by atoms with Crippen LogP contribution in [0.15, 0.2) is 24.3 Å². The number of hydrogen-bond acceptors (Lipinski definition) is 5. The number of ether oxygens (including phenoxy) is 1. The van der Waals surface area contributed by atoms with Crippen molar-refractivity contribution >= 4 is 11.7 Å². The van der Waals surface area contributed by atoms with E-state index in [-0.39, 0.29) is 36.8 Å². The number of hydrogen-bond donors (Lipinski definition) is 1. The number of aryl methyl sites for hydroxylation is 2. The van der Waals surface area contributed by atoms with Gasteiger partial charge in [0, 0.05) is 24.4 Å². The first kappa shape index (κ1) is 24.3. The Morgan fingerprint density at radius 2 is 1.73 bits per heavy atom. The molecule has 0 unspecified atom stereocenters. The molecule has 1 amide bonds. The first-order valence-electron chi connectivity index (χ1n) is 9.69. The molecule has 2 aromatic heterocycles. The molecule has 0 saturated heterocycles. The van der Waals surface area contributed by atoms with E-state index in [1.165, 1.54) is 24.3 Å². The normalized spacial score (nSPS) is 12.2. The molecule has 3 rings (SSSR count). The van der Waals surface area contributed by atoms with Crippen LogP contribution in [-0.4, -0.2) is 38.3 Å². The highest BCUT2D eigenvalue weighted by molar-refractivity contribution is 5.76. The summed E-state index contributed by atoms with van der Waals surface area (Å²) in [4.78, 5) is 19.7. The second kappa shape index (κ2) is 9.24.